The van der Waals surface area contributed by atoms with Crippen LogP contribution in [0.3, 0.4) is 0 Å². The van der Waals surface area contributed by atoms with Crippen LogP contribution in [-0.2, 0) is 0 Å². The van der Waals surface area contributed by atoms with E-state index in [1.165, 1.54) is 11.8 Å². The maximum atomic E-state index is 12.5. The van der Waals surface area contributed by atoms with Crippen LogP contribution < -0.4 is 14.8 Å². The molecule has 0 aromatic heterocycles. The van der Waals surface area contributed by atoms with Gasteiger partial charge in [0, 0.05) is 17.4 Å². The first kappa shape index (κ1) is 19.1. The van der Waals surface area contributed by atoms with Crippen LogP contribution in [0.2, 0.25) is 0 Å². The Labute approximate surface area is 152 Å². The quantitative estimate of drug-likeness (QED) is 0.841. The highest BCUT2D eigenvalue weighted by Crippen LogP contribution is 2.25. The summed E-state index contributed by atoms with van der Waals surface area (Å²) in [5.41, 5.74) is 0.431. The third-order valence-electron chi connectivity index (χ3n) is 3.12. The first-order valence-electron chi connectivity index (χ1n) is 8.23. The molecule has 0 saturated heterocycles. The maximum absolute atomic E-state index is 12.5. The summed E-state index contributed by atoms with van der Waals surface area (Å²) in [7, 11) is 0. The van der Waals surface area contributed by atoms with Gasteiger partial charge in [0.25, 0.3) is 5.91 Å². The van der Waals surface area contributed by atoms with Crippen molar-refractivity contribution >= 4 is 22.8 Å². The lowest BCUT2D eigenvalue weighted by Gasteiger charge is -2.15. The third kappa shape index (κ3) is 5.98. The standard InChI is InChI=1S/C18H23N3O3S/c1-11(2)9-23-15-5-13(6-16(7-15)24-12(3)4)17(22)21-18-20-14(8-19)10-25-18/h5-7,11-12,14H,9-10H2,1-4H3,(H,20,21,22). The molecule has 2 rings (SSSR count). The lowest BCUT2D eigenvalue weighted by molar-refractivity contribution is 0.0976. The van der Waals surface area contributed by atoms with Crippen molar-refractivity contribution in [3.63, 3.8) is 0 Å². The van der Waals surface area contributed by atoms with Crippen molar-refractivity contribution in [1.29, 1.82) is 5.26 Å². The maximum Gasteiger partial charge on any atom is 0.257 e. The van der Waals surface area contributed by atoms with Crippen molar-refractivity contribution in [2.45, 2.75) is 39.8 Å². The molecule has 0 radical (unpaired) electrons. The van der Waals surface area contributed by atoms with E-state index in [1.54, 1.807) is 18.2 Å². The molecule has 1 aliphatic heterocycles. The average molecular weight is 361 g/mol. The molecule has 7 heteroatoms. The molecule has 1 atom stereocenters. The van der Waals surface area contributed by atoms with Gasteiger partial charge in [-0.3, -0.25) is 4.79 Å². The van der Waals surface area contributed by atoms with Gasteiger partial charge in [-0.25, -0.2) is 4.99 Å². The van der Waals surface area contributed by atoms with Crippen molar-refractivity contribution in [1.82, 2.24) is 5.32 Å². The Morgan fingerprint density at radius 1 is 1.36 bits per heavy atom. The van der Waals surface area contributed by atoms with Gasteiger partial charge >= 0.3 is 0 Å². The zero-order valence-electron chi connectivity index (χ0n) is 14.9. The van der Waals surface area contributed by atoms with Crippen molar-refractivity contribution < 1.29 is 14.3 Å². The monoisotopic (exact) mass is 361 g/mol. The molecule has 1 amide bonds. The van der Waals surface area contributed by atoms with Crippen LogP contribution in [0.15, 0.2) is 23.2 Å². The van der Waals surface area contributed by atoms with Gasteiger partial charge in [-0.1, -0.05) is 25.6 Å². The number of benzene rings is 1. The second-order valence-corrected chi connectivity index (χ2v) is 7.42. The smallest absolute Gasteiger partial charge is 0.257 e. The largest absolute Gasteiger partial charge is 0.493 e. The van der Waals surface area contributed by atoms with Gasteiger partial charge in [0.15, 0.2) is 5.17 Å². The first-order valence-corrected chi connectivity index (χ1v) is 9.22. The van der Waals surface area contributed by atoms with Crippen LogP contribution in [0.1, 0.15) is 38.1 Å². The summed E-state index contributed by atoms with van der Waals surface area (Å²) in [5, 5.41) is 12.1. The van der Waals surface area contributed by atoms with E-state index in [0.29, 0.717) is 40.5 Å². The summed E-state index contributed by atoms with van der Waals surface area (Å²) in [6.45, 7) is 8.52. The Morgan fingerprint density at radius 2 is 2.08 bits per heavy atom. The Bertz CT molecular complexity index is 695. The van der Waals surface area contributed by atoms with Crippen LogP contribution in [0.5, 0.6) is 11.5 Å². The van der Waals surface area contributed by atoms with Gasteiger partial charge in [0.1, 0.15) is 17.5 Å². The van der Waals surface area contributed by atoms with Crippen molar-refractivity contribution in [3.05, 3.63) is 23.8 Å². The molecular weight excluding hydrogens is 338 g/mol. The fourth-order valence-corrected chi connectivity index (χ4v) is 2.90. The number of rotatable bonds is 6. The van der Waals surface area contributed by atoms with E-state index in [-0.39, 0.29) is 12.0 Å². The van der Waals surface area contributed by atoms with E-state index >= 15 is 0 Å². The number of nitrogens with zero attached hydrogens (tertiary/aromatic N) is 2. The number of nitriles is 1. The topological polar surface area (TPSA) is 83.7 Å². The van der Waals surface area contributed by atoms with E-state index < -0.39 is 6.04 Å². The molecule has 134 valence electrons. The number of hydrogen-bond donors (Lipinski definition) is 1. The van der Waals surface area contributed by atoms with Crippen LogP contribution in [0, 0.1) is 17.2 Å². The van der Waals surface area contributed by atoms with Gasteiger partial charge in [0.2, 0.25) is 0 Å². The van der Waals surface area contributed by atoms with Crippen molar-refractivity contribution in [2.24, 2.45) is 10.9 Å². The summed E-state index contributed by atoms with van der Waals surface area (Å²) < 4.78 is 11.5. The van der Waals surface area contributed by atoms with Gasteiger partial charge in [-0.15, -0.1) is 0 Å². The van der Waals surface area contributed by atoms with E-state index in [0.717, 1.165) is 0 Å². The fraction of sp³-hybridized carbons (Fsp3) is 0.500. The summed E-state index contributed by atoms with van der Waals surface area (Å²) in [6, 6.07) is 6.82. The molecule has 0 saturated carbocycles. The number of carbonyl (C=O) groups excluding carboxylic acids is 1. The predicted octanol–water partition coefficient (Wildman–Crippen LogP) is 3.23. The molecule has 1 aromatic carbocycles. The number of ether oxygens (including phenoxy) is 2. The van der Waals surface area contributed by atoms with Gasteiger partial charge < -0.3 is 14.8 Å². The molecule has 0 aliphatic carbocycles. The highest BCUT2D eigenvalue weighted by atomic mass is 32.2. The summed E-state index contributed by atoms with van der Waals surface area (Å²) in [6.07, 6.45) is -0.0117. The second kappa shape index (κ2) is 8.77. The molecule has 1 N–H and O–H groups in total. The minimum Gasteiger partial charge on any atom is -0.493 e. The molecule has 0 fully saturated rings. The van der Waals surface area contributed by atoms with E-state index in [4.69, 9.17) is 14.7 Å². The van der Waals surface area contributed by atoms with E-state index in [1.807, 2.05) is 13.8 Å². The van der Waals surface area contributed by atoms with Gasteiger partial charge in [-0.2, -0.15) is 5.26 Å². The molecule has 1 heterocycles. The van der Waals surface area contributed by atoms with Crippen LogP contribution in [0.25, 0.3) is 0 Å². The lowest BCUT2D eigenvalue weighted by Crippen LogP contribution is -2.27. The minimum absolute atomic E-state index is 0.0117. The molecule has 0 bridgehead atoms. The molecule has 1 aliphatic rings. The molecule has 6 nitrogen and oxygen atoms in total. The Balaban J connectivity index is 2.18. The molecule has 25 heavy (non-hydrogen) atoms. The first-order chi connectivity index (χ1) is 11.9. The van der Waals surface area contributed by atoms with E-state index in [9.17, 15) is 4.79 Å². The number of amides is 1. The number of hydrogen-bond acceptors (Lipinski definition) is 6. The Kier molecular flexibility index (Phi) is 6.71. The summed E-state index contributed by atoms with van der Waals surface area (Å²) in [4.78, 5) is 16.7. The van der Waals surface area contributed by atoms with Crippen molar-refractivity contribution in [2.75, 3.05) is 12.4 Å². The molecule has 0 spiro atoms. The normalized spacial score (nSPS) is 16.5. The van der Waals surface area contributed by atoms with Crippen LogP contribution >= 0.6 is 11.8 Å². The SMILES string of the molecule is CC(C)COc1cc(OC(C)C)cc(C(=O)NC2=NC(C#N)CS2)c1. The van der Waals surface area contributed by atoms with E-state index in [2.05, 4.69) is 30.2 Å². The molecule has 1 unspecified atom stereocenters. The minimum atomic E-state index is -0.402. The average Bonchev–Trinajstić information content (AvgIpc) is 2.99. The Morgan fingerprint density at radius 3 is 2.68 bits per heavy atom. The number of carbonyl (C=O) groups is 1. The highest BCUT2D eigenvalue weighted by molar-refractivity contribution is 8.14. The molecule has 1 aromatic rings. The van der Waals surface area contributed by atoms with Crippen LogP contribution in [0.4, 0.5) is 0 Å². The summed E-state index contributed by atoms with van der Waals surface area (Å²) >= 11 is 1.36. The zero-order valence-corrected chi connectivity index (χ0v) is 15.7. The van der Waals surface area contributed by atoms with Crippen molar-refractivity contribution in [3.8, 4) is 17.6 Å². The highest BCUT2D eigenvalue weighted by Gasteiger charge is 2.20. The zero-order chi connectivity index (χ0) is 18.4. The van der Waals surface area contributed by atoms with Crippen LogP contribution in [-0.4, -0.2) is 35.6 Å². The number of aliphatic imine (C=N–C) groups is 1. The Hall–Kier alpha value is -2.20. The number of nitrogens with one attached hydrogen (secondary N) is 1. The number of amidine groups is 1. The van der Waals surface area contributed by atoms with Gasteiger partial charge in [0.05, 0.1) is 18.8 Å². The number of thioether (sulfide) groups is 1. The lowest BCUT2D eigenvalue weighted by atomic mass is 10.2. The fourth-order valence-electron chi connectivity index (χ4n) is 2.07. The second-order valence-electron chi connectivity index (χ2n) is 6.41. The predicted molar refractivity (Wildman–Crippen MR) is 99.3 cm³/mol. The summed E-state index contributed by atoms with van der Waals surface area (Å²) in [5.74, 6) is 1.81. The van der Waals surface area contributed by atoms with Gasteiger partial charge in [-0.05, 0) is 31.9 Å². The molecular formula is C18H23N3O3S. The third-order valence-corrected chi connectivity index (χ3v) is 4.08.